The Hall–Kier alpha value is -1.06. The zero-order valence-corrected chi connectivity index (χ0v) is 12.2. The highest BCUT2D eigenvalue weighted by atomic mass is 16.5. The van der Waals surface area contributed by atoms with E-state index in [1.54, 1.807) is 7.11 Å². The second-order valence-electron chi connectivity index (χ2n) is 5.88. The first-order chi connectivity index (χ1) is 9.04. The number of methoxy groups -OCH3 is 1. The fourth-order valence-corrected chi connectivity index (χ4v) is 2.79. The molecule has 0 saturated carbocycles. The highest BCUT2D eigenvalue weighted by Gasteiger charge is 2.29. The molecule has 0 aromatic heterocycles. The summed E-state index contributed by atoms with van der Waals surface area (Å²) in [5, 5.41) is 13.9. The van der Waals surface area contributed by atoms with Gasteiger partial charge in [0.1, 0.15) is 5.75 Å². The van der Waals surface area contributed by atoms with Crippen LogP contribution in [0.1, 0.15) is 43.7 Å². The van der Waals surface area contributed by atoms with Gasteiger partial charge in [-0.05, 0) is 49.0 Å². The molecule has 1 aliphatic heterocycles. The Morgan fingerprint density at radius 1 is 1.32 bits per heavy atom. The van der Waals surface area contributed by atoms with E-state index < -0.39 is 5.60 Å². The fourth-order valence-electron chi connectivity index (χ4n) is 2.79. The van der Waals surface area contributed by atoms with Gasteiger partial charge in [-0.3, -0.25) is 0 Å². The van der Waals surface area contributed by atoms with Crippen LogP contribution in [0.3, 0.4) is 0 Å². The Bertz CT molecular complexity index is 423. The van der Waals surface area contributed by atoms with Gasteiger partial charge in [-0.25, -0.2) is 0 Å². The van der Waals surface area contributed by atoms with E-state index in [4.69, 9.17) is 4.74 Å². The van der Waals surface area contributed by atoms with Gasteiger partial charge in [0.05, 0.1) is 12.7 Å². The standard InChI is InChI=1S/C16H25NO2/c1-12(2)14-10-13(4-5-15(14)19-3)11-16(18)6-8-17-9-7-16/h4-5,10,12,17-18H,6-9,11H2,1-3H3. The Morgan fingerprint density at radius 3 is 2.58 bits per heavy atom. The van der Waals surface area contributed by atoms with Crippen LogP contribution in [0.4, 0.5) is 0 Å². The van der Waals surface area contributed by atoms with Crippen molar-refractivity contribution >= 4 is 0 Å². The van der Waals surface area contributed by atoms with E-state index in [2.05, 4.69) is 31.3 Å². The predicted molar refractivity (Wildman–Crippen MR) is 77.8 cm³/mol. The maximum atomic E-state index is 10.6. The first-order valence-electron chi connectivity index (χ1n) is 7.14. The number of benzene rings is 1. The van der Waals surface area contributed by atoms with E-state index in [1.807, 2.05) is 6.07 Å². The molecule has 1 saturated heterocycles. The van der Waals surface area contributed by atoms with E-state index in [0.29, 0.717) is 5.92 Å². The maximum Gasteiger partial charge on any atom is 0.122 e. The molecule has 0 bridgehead atoms. The summed E-state index contributed by atoms with van der Waals surface area (Å²) in [7, 11) is 1.71. The van der Waals surface area contributed by atoms with Crippen LogP contribution < -0.4 is 10.1 Å². The lowest BCUT2D eigenvalue weighted by Crippen LogP contribution is -2.43. The van der Waals surface area contributed by atoms with Gasteiger partial charge in [-0.1, -0.05) is 26.0 Å². The maximum absolute atomic E-state index is 10.6. The average Bonchev–Trinajstić information content (AvgIpc) is 2.39. The third-order valence-electron chi connectivity index (χ3n) is 3.98. The van der Waals surface area contributed by atoms with Gasteiger partial charge in [-0.15, -0.1) is 0 Å². The molecular weight excluding hydrogens is 238 g/mol. The Labute approximate surface area is 116 Å². The average molecular weight is 263 g/mol. The van der Waals surface area contributed by atoms with Gasteiger partial charge >= 0.3 is 0 Å². The molecule has 2 N–H and O–H groups in total. The van der Waals surface area contributed by atoms with E-state index in [9.17, 15) is 5.11 Å². The van der Waals surface area contributed by atoms with Crippen molar-refractivity contribution in [1.82, 2.24) is 5.32 Å². The van der Waals surface area contributed by atoms with Crippen LogP contribution in [0, 0.1) is 0 Å². The third kappa shape index (κ3) is 3.48. The highest BCUT2D eigenvalue weighted by Crippen LogP contribution is 2.30. The van der Waals surface area contributed by atoms with E-state index in [0.717, 1.165) is 38.1 Å². The number of piperidine rings is 1. The number of rotatable bonds is 4. The molecule has 106 valence electrons. The van der Waals surface area contributed by atoms with Crippen molar-refractivity contribution in [3.8, 4) is 5.75 Å². The Morgan fingerprint density at radius 2 is 2.00 bits per heavy atom. The minimum Gasteiger partial charge on any atom is -0.496 e. The summed E-state index contributed by atoms with van der Waals surface area (Å²) in [5.41, 5.74) is 1.88. The van der Waals surface area contributed by atoms with Crippen LogP contribution in [-0.4, -0.2) is 30.9 Å². The third-order valence-corrected chi connectivity index (χ3v) is 3.98. The van der Waals surface area contributed by atoms with Crippen LogP contribution in [0.2, 0.25) is 0 Å². The summed E-state index contributed by atoms with van der Waals surface area (Å²) in [4.78, 5) is 0. The lowest BCUT2D eigenvalue weighted by molar-refractivity contribution is 0.0108. The minimum atomic E-state index is -0.548. The van der Waals surface area contributed by atoms with Gasteiger partial charge in [-0.2, -0.15) is 0 Å². The molecule has 0 unspecified atom stereocenters. The zero-order valence-electron chi connectivity index (χ0n) is 12.2. The monoisotopic (exact) mass is 263 g/mol. The van der Waals surface area contributed by atoms with Crippen molar-refractivity contribution in [3.63, 3.8) is 0 Å². The molecule has 1 aliphatic rings. The summed E-state index contributed by atoms with van der Waals surface area (Å²) < 4.78 is 5.40. The fraction of sp³-hybridized carbons (Fsp3) is 0.625. The van der Waals surface area contributed by atoms with Gasteiger partial charge in [0.15, 0.2) is 0 Å². The molecule has 1 fully saturated rings. The molecule has 2 rings (SSSR count). The van der Waals surface area contributed by atoms with Crippen molar-refractivity contribution in [3.05, 3.63) is 29.3 Å². The van der Waals surface area contributed by atoms with Gasteiger partial charge in [0.2, 0.25) is 0 Å². The molecular formula is C16H25NO2. The van der Waals surface area contributed by atoms with Crippen molar-refractivity contribution < 1.29 is 9.84 Å². The topological polar surface area (TPSA) is 41.5 Å². The second-order valence-corrected chi connectivity index (χ2v) is 5.88. The van der Waals surface area contributed by atoms with Crippen LogP contribution in [-0.2, 0) is 6.42 Å². The molecule has 1 heterocycles. The van der Waals surface area contributed by atoms with Crippen LogP contribution >= 0.6 is 0 Å². The normalized spacial score (nSPS) is 18.6. The van der Waals surface area contributed by atoms with E-state index in [-0.39, 0.29) is 0 Å². The summed E-state index contributed by atoms with van der Waals surface area (Å²) in [6.07, 6.45) is 2.39. The molecule has 0 amide bonds. The van der Waals surface area contributed by atoms with Gasteiger partial charge in [0.25, 0.3) is 0 Å². The summed E-state index contributed by atoms with van der Waals surface area (Å²) in [6.45, 7) is 6.15. The molecule has 3 heteroatoms. The van der Waals surface area contributed by atoms with Crippen molar-refractivity contribution in [2.45, 2.75) is 44.6 Å². The molecule has 1 aromatic rings. The largest absolute Gasteiger partial charge is 0.496 e. The number of nitrogens with one attached hydrogen (secondary N) is 1. The summed E-state index contributed by atoms with van der Waals surface area (Å²) >= 11 is 0. The first-order valence-corrected chi connectivity index (χ1v) is 7.14. The van der Waals surface area contributed by atoms with Crippen molar-refractivity contribution in [2.24, 2.45) is 0 Å². The Kier molecular flexibility index (Phi) is 4.48. The smallest absolute Gasteiger partial charge is 0.122 e. The van der Waals surface area contributed by atoms with Crippen LogP contribution in [0.25, 0.3) is 0 Å². The van der Waals surface area contributed by atoms with E-state index in [1.165, 1.54) is 11.1 Å². The molecule has 0 radical (unpaired) electrons. The zero-order chi connectivity index (χ0) is 13.9. The number of hydrogen-bond donors (Lipinski definition) is 2. The first kappa shape index (κ1) is 14.4. The highest BCUT2D eigenvalue weighted by molar-refractivity contribution is 5.39. The molecule has 19 heavy (non-hydrogen) atoms. The molecule has 0 spiro atoms. The lowest BCUT2D eigenvalue weighted by Gasteiger charge is -2.33. The number of hydrogen-bond acceptors (Lipinski definition) is 3. The SMILES string of the molecule is COc1ccc(CC2(O)CCNCC2)cc1C(C)C. The number of ether oxygens (including phenoxy) is 1. The van der Waals surface area contributed by atoms with Crippen molar-refractivity contribution in [2.75, 3.05) is 20.2 Å². The molecule has 3 nitrogen and oxygen atoms in total. The lowest BCUT2D eigenvalue weighted by atomic mass is 9.85. The summed E-state index contributed by atoms with van der Waals surface area (Å²) in [5.74, 6) is 1.37. The van der Waals surface area contributed by atoms with E-state index >= 15 is 0 Å². The quantitative estimate of drug-likeness (QED) is 0.877. The predicted octanol–water partition coefficient (Wildman–Crippen LogP) is 2.48. The number of aliphatic hydroxyl groups is 1. The molecule has 0 aliphatic carbocycles. The molecule has 0 atom stereocenters. The minimum absolute atomic E-state index is 0.428. The molecule has 1 aromatic carbocycles. The van der Waals surface area contributed by atoms with Gasteiger partial charge in [0, 0.05) is 6.42 Å². The second kappa shape index (κ2) is 5.93. The Balaban J connectivity index is 2.18. The summed E-state index contributed by atoms with van der Waals surface area (Å²) in [6, 6.07) is 6.28. The van der Waals surface area contributed by atoms with Crippen LogP contribution in [0.15, 0.2) is 18.2 Å². The van der Waals surface area contributed by atoms with Gasteiger partial charge < -0.3 is 15.2 Å². The van der Waals surface area contributed by atoms with Crippen molar-refractivity contribution in [1.29, 1.82) is 0 Å². The van der Waals surface area contributed by atoms with Crippen LogP contribution in [0.5, 0.6) is 5.75 Å².